The summed E-state index contributed by atoms with van der Waals surface area (Å²) < 4.78 is 6.09. The number of carbonyl (C=O) groups is 1. The van der Waals surface area contributed by atoms with Crippen molar-refractivity contribution in [2.75, 3.05) is 0 Å². The van der Waals surface area contributed by atoms with Crippen LogP contribution in [0.4, 0.5) is 0 Å². The summed E-state index contributed by atoms with van der Waals surface area (Å²) >= 11 is 0. The van der Waals surface area contributed by atoms with Crippen LogP contribution in [0, 0.1) is 23.2 Å². The summed E-state index contributed by atoms with van der Waals surface area (Å²) in [6, 6.07) is 9.89. The SMILES string of the molecule is CC(C)(Oc1ccccc1)C(N)=NC1C2CC3CC1CC(C(N)=O)(C3)C2. The number of amidine groups is 1. The first-order chi connectivity index (χ1) is 12.3. The van der Waals surface area contributed by atoms with Gasteiger partial charge in [0.2, 0.25) is 5.91 Å². The average Bonchev–Trinajstić information content (AvgIpc) is 2.57. The van der Waals surface area contributed by atoms with E-state index >= 15 is 0 Å². The number of primary amides is 1. The van der Waals surface area contributed by atoms with E-state index in [1.807, 2.05) is 44.2 Å². The van der Waals surface area contributed by atoms with Crippen molar-refractivity contribution in [2.24, 2.45) is 39.6 Å². The van der Waals surface area contributed by atoms with Gasteiger partial charge in [-0.1, -0.05) is 18.2 Å². The predicted molar refractivity (Wildman–Crippen MR) is 102 cm³/mol. The van der Waals surface area contributed by atoms with E-state index in [-0.39, 0.29) is 17.4 Å². The molecule has 2 atom stereocenters. The van der Waals surface area contributed by atoms with Crippen molar-refractivity contribution in [1.82, 2.24) is 0 Å². The molecule has 26 heavy (non-hydrogen) atoms. The molecule has 0 spiro atoms. The van der Waals surface area contributed by atoms with Gasteiger partial charge in [0.15, 0.2) is 5.60 Å². The van der Waals surface area contributed by atoms with Crippen molar-refractivity contribution < 1.29 is 9.53 Å². The van der Waals surface area contributed by atoms with Crippen LogP contribution in [0.25, 0.3) is 0 Å². The van der Waals surface area contributed by atoms with E-state index in [9.17, 15) is 4.79 Å². The van der Waals surface area contributed by atoms with Gasteiger partial charge in [-0.25, -0.2) is 0 Å². The zero-order valence-electron chi connectivity index (χ0n) is 15.7. The number of ether oxygens (including phenoxy) is 1. The lowest BCUT2D eigenvalue weighted by atomic mass is 9.48. The molecule has 0 aromatic heterocycles. The van der Waals surface area contributed by atoms with Crippen molar-refractivity contribution in [2.45, 2.75) is 57.6 Å². The topological polar surface area (TPSA) is 90.7 Å². The number of benzene rings is 1. The highest BCUT2D eigenvalue weighted by atomic mass is 16.5. The Morgan fingerprint density at radius 3 is 2.31 bits per heavy atom. The van der Waals surface area contributed by atoms with Gasteiger partial charge < -0.3 is 16.2 Å². The molecule has 4 aliphatic carbocycles. The van der Waals surface area contributed by atoms with Gasteiger partial charge in [0, 0.05) is 5.41 Å². The number of rotatable bonds is 5. The van der Waals surface area contributed by atoms with Crippen LogP contribution >= 0.6 is 0 Å². The van der Waals surface area contributed by atoms with Gasteiger partial charge in [0.1, 0.15) is 11.6 Å². The number of hydrogen-bond donors (Lipinski definition) is 2. The maximum Gasteiger partial charge on any atom is 0.223 e. The van der Waals surface area contributed by atoms with Gasteiger partial charge in [-0.3, -0.25) is 9.79 Å². The number of aliphatic imine (C=N–C) groups is 1. The Balaban J connectivity index is 1.54. The summed E-state index contributed by atoms with van der Waals surface area (Å²) in [4.78, 5) is 17.0. The molecule has 140 valence electrons. The van der Waals surface area contributed by atoms with Gasteiger partial charge in [-0.2, -0.15) is 0 Å². The van der Waals surface area contributed by atoms with E-state index in [0.717, 1.165) is 37.9 Å². The van der Waals surface area contributed by atoms with Crippen molar-refractivity contribution in [3.8, 4) is 5.75 Å². The summed E-state index contributed by atoms with van der Waals surface area (Å²) in [5, 5.41) is 0. The van der Waals surface area contributed by atoms with Crippen LogP contribution in [0.1, 0.15) is 46.0 Å². The molecular formula is C21H29N3O2. The first kappa shape index (κ1) is 17.4. The van der Waals surface area contributed by atoms with E-state index < -0.39 is 5.60 Å². The number of amides is 1. The van der Waals surface area contributed by atoms with E-state index in [4.69, 9.17) is 21.2 Å². The molecule has 1 amide bonds. The Bertz CT molecular complexity index is 712. The lowest BCUT2D eigenvalue weighted by Crippen LogP contribution is -2.58. The van der Waals surface area contributed by atoms with Gasteiger partial charge in [-0.05, 0) is 75.8 Å². The number of hydrogen-bond acceptors (Lipinski definition) is 3. The molecule has 4 saturated carbocycles. The van der Waals surface area contributed by atoms with Crippen LogP contribution in [0.5, 0.6) is 5.75 Å². The molecule has 5 rings (SSSR count). The molecule has 1 aromatic carbocycles. The molecular weight excluding hydrogens is 326 g/mol. The first-order valence-corrected chi connectivity index (χ1v) is 9.67. The molecule has 5 heteroatoms. The smallest absolute Gasteiger partial charge is 0.223 e. The summed E-state index contributed by atoms with van der Waals surface area (Å²) in [6.07, 6.45) is 5.01. The molecule has 0 heterocycles. The zero-order chi connectivity index (χ0) is 18.5. The van der Waals surface area contributed by atoms with Gasteiger partial charge >= 0.3 is 0 Å². The third kappa shape index (κ3) is 2.87. The Labute approximate surface area is 155 Å². The first-order valence-electron chi connectivity index (χ1n) is 9.67. The van der Waals surface area contributed by atoms with E-state index in [2.05, 4.69) is 0 Å². The Morgan fingerprint density at radius 2 is 1.73 bits per heavy atom. The van der Waals surface area contributed by atoms with Crippen LogP contribution < -0.4 is 16.2 Å². The molecule has 0 saturated heterocycles. The van der Waals surface area contributed by atoms with Crippen molar-refractivity contribution in [3.05, 3.63) is 30.3 Å². The van der Waals surface area contributed by atoms with Crippen molar-refractivity contribution in [1.29, 1.82) is 0 Å². The number of nitrogens with two attached hydrogens (primary N) is 2. The zero-order valence-corrected chi connectivity index (χ0v) is 15.7. The summed E-state index contributed by atoms with van der Waals surface area (Å²) in [5.74, 6) is 2.67. The van der Waals surface area contributed by atoms with Crippen LogP contribution in [0.3, 0.4) is 0 Å². The molecule has 4 N–H and O–H groups in total. The standard InChI is InChI=1S/C21H29N3O2/c1-20(2,26-16-6-4-3-5-7-16)18(22)24-17-14-8-13-9-15(17)12-21(10-13,11-14)19(23)25/h3-7,13-15,17H,8-12H2,1-2H3,(H2,22,24)(H2,23,25). The summed E-state index contributed by atoms with van der Waals surface area (Å²) in [5.41, 5.74) is 11.2. The minimum atomic E-state index is -0.669. The highest BCUT2D eigenvalue weighted by Crippen LogP contribution is 2.60. The largest absolute Gasteiger partial charge is 0.480 e. The fraction of sp³-hybridized carbons (Fsp3) is 0.619. The second-order valence-corrected chi connectivity index (χ2v) is 9.04. The third-order valence-corrected chi connectivity index (χ3v) is 6.77. The lowest BCUT2D eigenvalue weighted by molar-refractivity contribution is -0.144. The summed E-state index contributed by atoms with van der Waals surface area (Å²) in [7, 11) is 0. The summed E-state index contributed by atoms with van der Waals surface area (Å²) in [6.45, 7) is 3.92. The Morgan fingerprint density at radius 1 is 1.12 bits per heavy atom. The van der Waals surface area contributed by atoms with Gasteiger partial charge in [0.25, 0.3) is 0 Å². The number of carbonyl (C=O) groups excluding carboxylic acids is 1. The van der Waals surface area contributed by atoms with E-state index in [1.165, 1.54) is 0 Å². The fourth-order valence-electron chi connectivity index (χ4n) is 5.66. The molecule has 2 unspecified atom stereocenters. The second-order valence-electron chi connectivity index (χ2n) is 9.04. The highest BCUT2D eigenvalue weighted by Gasteiger charge is 2.58. The van der Waals surface area contributed by atoms with Crippen LogP contribution in [-0.4, -0.2) is 23.4 Å². The fourth-order valence-corrected chi connectivity index (χ4v) is 5.66. The van der Waals surface area contributed by atoms with Gasteiger partial charge in [0.05, 0.1) is 6.04 Å². The average molecular weight is 355 g/mol. The normalized spacial score (nSPS) is 36.2. The Kier molecular flexibility index (Phi) is 4.01. The molecule has 1 aromatic rings. The molecule has 4 bridgehead atoms. The van der Waals surface area contributed by atoms with E-state index in [0.29, 0.717) is 23.6 Å². The molecule has 4 fully saturated rings. The monoisotopic (exact) mass is 355 g/mol. The minimum Gasteiger partial charge on any atom is -0.480 e. The maximum atomic E-state index is 12.1. The highest BCUT2D eigenvalue weighted by molar-refractivity contribution is 5.89. The molecule has 0 aliphatic heterocycles. The van der Waals surface area contributed by atoms with Crippen LogP contribution in [0.15, 0.2) is 35.3 Å². The van der Waals surface area contributed by atoms with Crippen molar-refractivity contribution in [3.63, 3.8) is 0 Å². The lowest BCUT2D eigenvalue weighted by Gasteiger charge is -2.57. The maximum absolute atomic E-state index is 12.1. The molecule has 4 aliphatic rings. The van der Waals surface area contributed by atoms with Crippen LogP contribution in [0.2, 0.25) is 0 Å². The number of para-hydroxylation sites is 1. The third-order valence-electron chi connectivity index (χ3n) is 6.77. The number of nitrogens with zero attached hydrogens (tertiary/aromatic N) is 1. The minimum absolute atomic E-state index is 0.111. The quantitative estimate of drug-likeness (QED) is 0.628. The second kappa shape index (κ2) is 6.00. The molecule has 5 nitrogen and oxygen atoms in total. The molecule has 0 radical (unpaired) electrons. The predicted octanol–water partition coefficient (Wildman–Crippen LogP) is 2.88. The van der Waals surface area contributed by atoms with Crippen molar-refractivity contribution >= 4 is 11.7 Å². The van der Waals surface area contributed by atoms with Crippen LogP contribution in [-0.2, 0) is 4.79 Å². The Hall–Kier alpha value is -2.04. The van der Waals surface area contributed by atoms with Gasteiger partial charge in [-0.15, -0.1) is 0 Å². The van der Waals surface area contributed by atoms with E-state index in [1.54, 1.807) is 0 Å².